The monoisotopic (exact) mass is 354 g/mol. The summed E-state index contributed by atoms with van der Waals surface area (Å²) in [6, 6.07) is 14.1. The number of rotatable bonds is 6. The average Bonchev–Trinajstić information content (AvgIpc) is 2.66. The van der Waals surface area contributed by atoms with E-state index in [1.165, 1.54) is 12.7 Å². The van der Waals surface area contributed by atoms with Crippen molar-refractivity contribution in [3.05, 3.63) is 64.7 Å². The molecule has 0 aliphatic carbocycles. The van der Waals surface area contributed by atoms with Gasteiger partial charge in [0.2, 0.25) is 0 Å². The summed E-state index contributed by atoms with van der Waals surface area (Å²) in [7, 11) is 1.40. The van der Waals surface area contributed by atoms with Crippen molar-refractivity contribution in [1.29, 1.82) is 0 Å². The fourth-order valence-electron chi connectivity index (χ4n) is 3.45. The molecule has 4 nitrogen and oxygen atoms in total. The van der Waals surface area contributed by atoms with Gasteiger partial charge in [-0.25, -0.2) is 4.79 Å². The molecule has 1 unspecified atom stereocenters. The zero-order valence-corrected chi connectivity index (χ0v) is 15.7. The molecule has 1 aliphatic heterocycles. The highest BCUT2D eigenvalue weighted by molar-refractivity contribution is 5.91. The first-order valence-electron chi connectivity index (χ1n) is 9.01. The van der Waals surface area contributed by atoms with Gasteiger partial charge in [0.25, 0.3) is 0 Å². The Bertz CT molecular complexity index is 769. The lowest BCUT2D eigenvalue weighted by Crippen LogP contribution is -2.31. The third-order valence-electron chi connectivity index (χ3n) is 5.20. The van der Waals surface area contributed by atoms with Crippen LogP contribution in [0.2, 0.25) is 0 Å². The number of esters is 1. The molecule has 0 saturated carbocycles. The number of ether oxygens (including phenoxy) is 3. The van der Waals surface area contributed by atoms with Crippen LogP contribution in [0.1, 0.15) is 46.8 Å². The summed E-state index contributed by atoms with van der Waals surface area (Å²) in [5.41, 5.74) is 3.79. The van der Waals surface area contributed by atoms with Gasteiger partial charge >= 0.3 is 5.97 Å². The maximum absolute atomic E-state index is 11.9. The van der Waals surface area contributed by atoms with Crippen molar-refractivity contribution in [3.63, 3.8) is 0 Å². The number of aryl methyl sites for hydroxylation is 1. The zero-order valence-electron chi connectivity index (χ0n) is 15.7. The predicted octanol–water partition coefficient (Wildman–Crippen LogP) is 4.43. The lowest BCUT2D eigenvalue weighted by atomic mass is 9.74. The molecule has 0 saturated heterocycles. The predicted molar refractivity (Wildman–Crippen MR) is 101 cm³/mol. The van der Waals surface area contributed by atoms with Crippen LogP contribution in [0.3, 0.4) is 0 Å². The van der Waals surface area contributed by atoms with Crippen molar-refractivity contribution in [3.8, 4) is 5.75 Å². The minimum Gasteiger partial charge on any atom is -0.493 e. The molecule has 0 bridgehead atoms. The molecule has 0 radical (unpaired) electrons. The average molecular weight is 354 g/mol. The van der Waals surface area contributed by atoms with E-state index < -0.39 is 0 Å². The van der Waals surface area contributed by atoms with Crippen LogP contribution < -0.4 is 4.74 Å². The SMILES string of the molecule is COC(=O)c1cc2c(cc1C)C(C)(CCOCc1ccccc1)CCO2. The first kappa shape index (κ1) is 18.5. The van der Waals surface area contributed by atoms with Gasteiger partial charge in [-0.15, -0.1) is 0 Å². The van der Waals surface area contributed by atoms with Gasteiger partial charge in [0, 0.05) is 17.6 Å². The van der Waals surface area contributed by atoms with Gasteiger partial charge in [-0.2, -0.15) is 0 Å². The van der Waals surface area contributed by atoms with Crippen molar-refractivity contribution < 1.29 is 19.0 Å². The van der Waals surface area contributed by atoms with E-state index in [0.717, 1.165) is 29.7 Å². The molecule has 26 heavy (non-hydrogen) atoms. The number of hydrogen-bond acceptors (Lipinski definition) is 4. The number of fused-ring (bicyclic) bond motifs is 1. The Morgan fingerprint density at radius 2 is 2.00 bits per heavy atom. The van der Waals surface area contributed by atoms with Gasteiger partial charge in [-0.3, -0.25) is 0 Å². The van der Waals surface area contributed by atoms with Crippen LogP contribution in [0.4, 0.5) is 0 Å². The summed E-state index contributed by atoms with van der Waals surface area (Å²) in [6.07, 6.45) is 1.85. The summed E-state index contributed by atoms with van der Waals surface area (Å²) >= 11 is 0. The van der Waals surface area contributed by atoms with Crippen LogP contribution in [0.15, 0.2) is 42.5 Å². The van der Waals surface area contributed by atoms with E-state index in [1.807, 2.05) is 31.2 Å². The third-order valence-corrected chi connectivity index (χ3v) is 5.20. The zero-order chi connectivity index (χ0) is 18.6. The molecule has 138 valence electrons. The van der Waals surface area contributed by atoms with Crippen LogP contribution in [-0.2, 0) is 21.5 Å². The number of methoxy groups -OCH3 is 1. The molecule has 1 atom stereocenters. The second kappa shape index (κ2) is 7.92. The maximum Gasteiger partial charge on any atom is 0.338 e. The Labute approximate surface area is 155 Å². The first-order chi connectivity index (χ1) is 12.5. The Kier molecular flexibility index (Phi) is 5.62. The van der Waals surface area contributed by atoms with Crippen LogP contribution in [0.25, 0.3) is 0 Å². The standard InChI is InChI=1S/C22H26O4/c1-16-13-19-20(14-18(16)21(23)24-3)26-12-10-22(19,2)9-11-25-15-17-7-5-4-6-8-17/h4-8,13-14H,9-12,15H2,1-3H3. The molecule has 2 aromatic carbocycles. The molecule has 0 fully saturated rings. The highest BCUT2D eigenvalue weighted by Crippen LogP contribution is 2.42. The molecule has 0 aromatic heterocycles. The molecule has 1 heterocycles. The van der Waals surface area contributed by atoms with Crippen LogP contribution in [-0.4, -0.2) is 26.3 Å². The number of carbonyl (C=O) groups is 1. The third kappa shape index (κ3) is 3.91. The Balaban J connectivity index is 1.71. The minimum absolute atomic E-state index is 0.0241. The lowest BCUT2D eigenvalue weighted by Gasteiger charge is -2.36. The summed E-state index contributed by atoms with van der Waals surface area (Å²) in [4.78, 5) is 11.9. The largest absolute Gasteiger partial charge is 0.493 e. The van der Waals surface area contributed by atoms with Crippen LogP contribution in [0.5, 0.6) is 5.75 Å². The lowest BCUT2D eigenvalue weighted by molar-refractivity contribution is 0.0598. The van der Waals surface area contributed by atoms with Gasteiger partial charge in [-0.05, 0) is 37.0 Å². The molecular formula is C22H26O4. The van der Waals surface area contributed by atoms with Crippen molar-refractivity contribution in [2.24, 2.45) is 0 Å². The van der Waals surface area contributed by atoms with E-state index in [2.05, 4.69) is 25.1 Å². The van der Waals surface area contributed by atoms with Crippen molar-refractivity contribution in [1.82, 2.24) is 0 Å². The molecule has 0 N–H and O–H groups in total. The Morgan fingerprint density at radius 3 is 2.73 bits per heavy atom. The molecule has 0 spiro atoms. The molecule has 1 aliphatic rings. The summed E-state index contributed by atoms with van der Waals surface area (Å²) in [6.45, 7) is 6.14. The second-order valence-corrected chi connectivity index (χ2v) is 7.10. The highest BCUT2D eigenvalue weighted by atomic mass is 16.5. The van der Waals surface area contributed by atoms with Gasteiger partial charge in [0.05, 0.1) is 25.9 Å². The fourth-order valence-corrected chi connectivity index (χ4v) is 3.45. The van der Waals surface area contributed by atoms with Gasteiger partial charge in [0.1, 0.15) is 5.75 Å². The Morgan fingerprint density at radius 1 is 1.23 bits per heavy atom. The van der Waals surface area contributed by atoms with Crippen LogP contribution in [0, 0.1) is 6.92 Å². The van der Waals surface area contributed by atoms with Crippen molar-refractivity contribution in [2.45, 2.75) is 38.7 Å². The Hall–Kier alpha value is -2.33. The topological polar surface area (TPSA) is 44.8 Å². The van der Waals surface area contributed by atoms with Gasteiger partial charge < -0.3 is 14.2 Å². The van der Waals surface area contributed by atoms with E-state index >= 15 is 0 Å². The van der Waals surface area contributed by atoms with E-state index in [0.29, 0.717) is 25.4 Å². The number of carbonyl (C=O) groups excluding carboxylic acids is 1. The minimum atomic E-state index is -0.327. The number of hydrogen-bond donors (Lipinski definition) is 0. The molecule has 2 aromatic rings. The maximum atomic E-state index is 11.9. The van der Waals surface area contributed by atoms with E-state index in [-0.39, 0.29) is 11.4 Å². The van der Waals surface area contributed by atoms with Crippen molar-refractivity contribution >= 4 is 5.97 Å². The highest BCUT2D eigenvalue weighted by Gasteiger charge is 2.34. The summed E-state index contributed by atoms with van der Waals surface area (Å²) in [5, 5.41) is 0. The summed E-state index contributed by atoms with van der Waals surface area (Å²) in [5.74, 6) is 0.459. The molecule has 3 rings (SSSR count). The van der Waals surface area contributed by atoms with Gasteiger partial charge in [0.15, 0.2) is 0 Å². The molecule has 4 heteroatoms. The quantitative estimate of drug-likeness (QED) is 0.569. The molecule has 0 amide bonds. The van der Waals surface area contributed by atoms with Crippen molar-refractivity contribution in [2.75, 3.05) is 20.3 Å². The van der Waals surface area contributed by atoms with Crippen LogP contribution >= 0.6 is 0 Å². The summed E-state index contributed by atoms with van der Waals surface area (Å²) < 4.78 is 16.6. The first-order valence-corrected chi connectivity index (χ1v) is 9.01. The fraction of sp³-hybridized carbons (Fsp3) is 0.409. The second-order valence-electron chi connectivity index (χ2n) is 7.10. The number of benzene rings is 2. The van der Waals surface area contributed by atoms with Gasteiger partial charge in [-0.1, -0.05) is 43.3 Å². The molecular weight excluding hydrogens is 328 g/mol. The van der Waals surface area contributed by atoms with E-state index in [9.17, 15) is 4.79 Å². The van der Waals surface area contributed by atoms with E-state index in [4.69, 9.17) is 14.2 Å². The normalized spacial score (nSPS) is 18.7. The van der Waals surface area contributed by atoms with E-state index in [1.54, 1.807) is 0 Å². The smallest absolute Gasteiger partial charge is 0.338 e.